The first-order chi connectivity index (χ1) is 17.9. The van der Waals surface area contributed by atoms with Crippen molar-refractivity contribution in [2.24, 2.45) is 0 Å². The summed E-state index contributed by atoms with van der Waals surface area (Å²) in [5, 5.41) is 18.7. The second kappa shape index (κ2) is 7.88. The van der Waals surface area contributed by atoms with Gasteiger partial charge in [0.25, 0.3) is 11.6 Å². The lowest BCUT2D eigenvalue weighted by atomic mass is 10.0. The SMILES string of the molecule is [C-]#[N+]c1nc2c3nc(C#N)c(C#N)nc3c3nc4cc(C(F)(F)F)c(C(F)(F)F)cc4nc3c2nc1[N+]#[C-]. The van der Waals surface area contributed by atoms with Gasteiger partial charge in [-0.15, -0.1) is 9.97 Å². The van der Waals surface area contributed by atoms with Crippen molar-refractivity contribution in [2.75, 3.05) is 0 Å². The lowest BCUT2D eigenvalue weighted by Crippen LogP contribution is -2.16. The lowest BCUT2D eigenvalue weighted by molar-refractivity contribution is -0.161. The summed E-state index contributed by atoms with van der Waals surface area (Å²) in [6.07, 6.45) is -10.8. The summed E-state index contributed by atoms with van der Waals surface area (Å²) in [5.74, 6) is -0.971. The molecule has 3 aromatic heterocycles. The van der Waals surface area contributed by atoms with Gasteiger partial charge in [0, 0.05) is 0 Å². The zero-order chi connectivity index (χ0) is 27.6. The fourth-order valence-corrected chi connectivity index (χ4v) is 3.72. The molecule has 0 radical (unpaired) electrons. The molecule has 182 valence electrons. The highest BCUT2D eigenvalue weighted by Gasteiger charge is 2.43. The normalized spacial score (nSPS) is 11.8. The van der Waals surface area contributed by atoms with Crippen molar-refractivity contribution >= 4 is 55.8 Å². The molecular formula is C22H2F6N10. The summed E-state index contributed by atoms with van der Waals surface area (Å²) < 4.78 is 81.1. The fraction of sp³-hybridized carbons (Fsp3) is 0.0909. The van der Waals surface area contributed by atoms with Crippen molar-refractivity contribution < 1.29 is 26.3 Å². The van der Waals surface area contributed by atoms with Crippen molar-refractivity contribution in [3.05, 3.63) is 57.5 Å². The van der Waals surface area contributed by atoms with Crippen LogP contribution < -0.4 is 0 Å². The van der Waals surface area contributed by atoms with Crippen LogP contribution >= 0.6 is 0 Å². The molecule has 0 saturated carbocycles. The van der Waals surface area contributed by atoms with Crippen LogP contribution in [0.15, 0.2) is 12.1 Å². The van der Waals surface area contributed by atoms with Gasteiger partial charge >= 0.3 is 12.4 Å². The fourth-order valence-electron chi connectivity index (χ4n) is 3.72. The molecule has 3 heterocycles. The number of rotatable bonds is 0. The molecule has 0 unspecified atom stereocenters. The first-order valence-electron chi connectivity index (χ1n) is 9.81. The van der Waals surface area contributed by atoms with Crippen LogP contribution in [0.3, 0.4) is 0 Å². The van der Waals surface area contributed by atoms with E-state index in [9.17, 15) is 36.9 Å². The number of nitrogens with zero attached hydrogens (tertiary/aromatic N) is 10. The van der Waals surface area contributed by atoms with Crippen LogP contribution in [0.25, 0.3) is 53.8 Å². The van der Waals surface area contributed by atoms with Crippen LogP contribution in [0.2, 0.25) is 0 Å². The van der Waals surface area contributed by atoms with Gasteiger partial charge in [-0.05, 0) is 12.1 Å². The highest BCUT2D eigenvalue weighted by Crippen LogP contribution is 2.42. The molecule has 5 aromatic rings. The number of halogens is 6. The van der Waals surface area contributed by atoms with E-state index in [0.717, 1.165) is 0 Å². The minimum absolute atomic E-state index is 0.182. The Morgan fingerprint density at radius 1 is 0.579 bits per heavy atom. The summed E-state index contributed by atoms with van der Waals surface area (Å²) in [5.41, 5.74) is -7.83. The van der Waals surface area contributed by atoms with E-state index in [1.165, 1.54) is 0 Å². The highest BCUT2D eigenvalue weighted by molar-refractivity contribution is 6.19. The predicted octanol–water partition coefficient (Wildman–Crippen LogP) is 5.55. The molecule has 38 heavy (non-hydrogen) atoms. The standard InChI is InChI=1S/C22H2F6N10/c1-31-19-20(32-2)38-18-16-14(35-11(5-29)12(6-30)36-16)13-15(17(18)37-19)34-10-4-8(22(26,27)28)7(21(23,24)25)3-9(10)33-13/h3-4H. The summed E-state index contributed by atoms with van der Waals surface area (Å²) in [6.45, 7) is 14.5. The van der Waals surface area contributed by atoms with Gasteiger partial charge in [0.2, 0.25) is 11.0 Å². The Hall–Kier alpha value is -5.74. The van der Waals surface area contributed by atoms with Crippen LogP contribution in [0.1, 0.15) is 22.5 Å². The van der Waals surface area contributed by atoms with Crippen LogP contribution in [0, 0.1) is 35.8 Å². The first kappa shape index (κ1) is 24.0. The Balaban J connectivity index is 2.08. The first-order valence-corrected chi connectivity index (χ1v) is 9.81. The molecule has 0 bridgehead atoms. The molecule has 0 atom stereocenters. The smallest absolute Gasteiger partial charge is 0.370 e. The van der Waals surface area contributed by atoms with E-state index in [1.807, 2.05) is 0 Å². The zero-order valence-electron chi connectivity index (χ0n) is 17.9. The van der Waals surface area contributed by atoms with Crippen LogP contribution in [0.4, 0.5) is 38.0 Å². The van der Waals surface area contributed by atoms with Gasteiger partial charge in [-0.1, -0.05) is 13.1 Å². The number of nitriles is 2. The van der Waals surface area contributed by atoms with E-state index in [2.05, 4.69) is 39.6 Å². The monoisotopic (exact) mass is 520 g/mol. The summed E-state index contributed by atoms with van der Waals surface area (Å²) in [4.78, 5) is 30.4. The maximum atomic E-state index is 13.5. The molecule has 0 saturated heterocycles. The van der Waals surface area contributed by atoms with E-state index in [4.69, 9.17) is 13.1 Å². The molecule has 0 spiro atoms. The van der Waals surface area contributed by atoms with E-state index >= 15 is 0 Å². The average molecular weight is 520 g/mol. The largest absolute Gasteiger partial charge is 0.417 e. The molecule has 0 fully saturated rings. The van der Waals surface area contributed by atoms with Gasteiger partial charge in [0.1, 0.15) is 34.2 Å². The average Bonchev–Trinajstić information content (AvgIpc) is 2.88. The van der Waals surface area contributed by atoms with Gasteiger partial charge in [-0.2, -0.15) is 36.9 Å². The summed E-state index contributed by atoms with van der Waals surface area (Å²) >= 11 is 0. The minimum Gasteiger partial charge on any atom is -0.370 e. The maximum Gasteiger partial charge on any atom is 0.417 e. The summed E-state index contributed by atoms with van der Waals surface area (Å²) in [7, 11) is 0. The van der Waals surface area contributed by atoms with Gasteiger partial charge in [-0.25, -0.2) is 19.9 Å². The van der Waals surface area contributed by atoms with Crippen molar-refractivity contribution in [3.8, 4) is 12.1 Å². The molecule has 0 aliphatic rings. The second-order valence-electron chi connectivity index (χ2n) is 7.44. The number of hydrogen-bond donors (Lipinski definition) is 0. The molecular weight excluding hydrogens is 518 g/mol. The van der Waals surface area contributed by atoms with Crippen LogP contribution in [0.5, 0.6) is 0 Å². The molecule has 0 N–H and O–H groups in total. The number of aromatic nitrogens is 6. The van der Waals surface area contributed by atoms with Crippen LogP contribution in [-0.2, 0) is 12.4 Å². The third-order valence-electron chi connectivity index (χ3n) is 5.27. The Bertz CT molecular complexity index is 1910. The number of fused-ring (bicyclic) bond motifs is 7. The van der Waals surface area contributed by atoms with Crippen molar-refractivity contribution in [1.29, 1.82) is 10.5 Å². The quantitative estimate of drug-likeness (QED) is 0.112. The Kier molecular flexibility index (Phi) is 4.97. The van der Waals surface area contributed by atoms with E-state index in [0.29, 0.717) is 0 Å². The molecule has 5 rings (SSSR count). The molecule has 0 amide bonds. The van der Waals surface area contributed by atoms with Gasteiger partial charge in [0.15, 0.2) is 11.4 Å². The van der Waals surface area contributed by atoms with Crippen molar-refractivity contribution in [1.82, 2.24) is 29.9 Å². The Morgan fingerprint density at radius 3 is 1.18 bits per heavy atom. The highest BCUT2D eigenvalue weighted by atomic mass is 19.4. The summed E-state index contributed by atoms with van der Waals surface area (Å²) in [6, 6.07) is 3.66. The minimum atomic E-state index is -5.39. The third kappa shape index (κ3) is 3.48. The number of alkyl halides is 6. The Labute approximate surface area is 205 Å². The van der Waals surface area contributed by atoms with E-state index in [1.54, 1.807) is 12.1 Å². The van der Waals surface area contributed by atoms with Gasteiger partial charge in [0.05, 0.1) is 22.2 Å². The van der Waals surface area contributed by atoms with Gasteiger partial charge < -0.3 is 9.69 Å². The van der Waals surface area contributed by atoms with Crippen molar-refractivity contribution in [2.45, 2.75) is 12.4 Å². The number of benzene rings is 2. The van der Waals surface area contributed by atoms with Crippen molar-refractivity contribution in [3.63, 3.8) is 0 Å². The number of hydrogen-bond acceptors (Lipinski definition) is 8. The van der Waals surface area contributed by atoms with E-state index < -0.39 is 57.5 Å². The van der Waals surface area contributed by atoms with Crippen LogP contribution in [-0.4, -0.2) is 29.9 Å². The third-order valence-corrected chi connectivity index (χ3v) is 5.27. The Morgan fingerprint density at radius 2 is 0.895 bits per heavy atom. The lowest BCUT2D eigenvalue weighted by Gasteiger charge is -2.16. The molecule has 10 nitrogen and oxygen atoms in total. The van der Waals surface area contributed by atoms with E-state index in [-0.39, 0.29) is 45.2 Å². The predicted molar refractivity (Wildman–Crippen MR) is 115 cm³/mol. The maximum absolute atomic E-state index is 13.5. The molecule has 16 heteroatoms. The topological polar surface area (TPSA) is 134 Å². The second-order valence-corrected chi connectivity index (χ2v) is 7.44. The molecule has 0 aliphatic heterocycles. The molecule has 0 aliphatic carbocycles. The van der Waals surface area contributed by atoms with Gasteiger partial charge in [-0.3, -0.25) is 0 Å². The molecule has 2 aromatic carbocycles. The zero-order valence-corrected chi connectivity index (χ0v) is 17.9.